The second-order valence-corrected chi connectivity index (χ2v) is 7.55. The average molecular weight is 349 g/mol. The van der Waals surface area contributed by atoms with Gasteiger partial charge in [-0.25, -0.2) is 0 Å². The average Bonchev–Trinajstić information content (AvgIpc) is 3.13. The number of ether oxygens (including phenoxy) is 1. The van der Waals surface area contributed by atoms with Crippen molar-refractivity contribution in [3.05, 3.63) is 65.2 Å². The summed E-state index contributed by atoms with van der Waals surface area (Å²) in [6, 6.07) is 17.5. The van der Waals surface area contributed by atoms with Gasteiger partial charge in [-0.15, -0.1) is 0 Å². The van der Waals surface area contributed by atoms with E-state index in [1.54, 1.807) is 0 Å². The van der Waals surface area contributed by atoms with Crippen LogP contribution >= 0.6 is 0 Å². The summed E-state index contributed by atoms with van der Waals surface area (Å²) in [6.45, 7) is 1.79. The molecule has 0 radical (unpaired) electrons. The standard InChI is InChI=1S/C22H27N3O/c1-24(2)12-7-13-26-18-10-6-9-17(14-18)22-20-15-16-8-4-5-11-19(16)21(20)23-25(22)3/h4-6,8-11,14,20,22H,7,12-13,15H2,1-3H3. The van der Waals surface area contributed by atoms with Gasteiger partial charge in [0.2, 0.25) is 0 Å². The Morgan fingerprint density at radius 1 is 1.15 bits per heavy atom. The van der Waals surface area contributed by atoms with Crippen LogP contribution < -0.4 is 4.74 Å². The zero-order valence-corrected chi connectivity index (χ0v) is 15.9. The molecule has 2 aliphatic rings. The molecule has 1 heterocycles. The van der Waals surface area contributed by atoms with Crippen LogP contribution in [-0.4, -0.2) is 49.9 Å². The van der Waals surface area contributed by atoms with Crippen molar-refractivity contribution in [1.29, 1.82) is 0 Å². The highest BCUT2D eigenvalue weighted by molar-refractivity contribution is 6.07. The summed E-state index contributed by atoms with van der Waals surface area (Å²) in [4.78, 5) is 2.18. The zero-order chi connectivity index (χ0) is 18.1. The summed E-state index contributed by atoms with van der Waals surface area (Å²) in [7, 11) is 6.27. The number of benzene rings is 2. The highest BCUT2D eigenvalue weighted by Crippen LogP contribution is 2.43. The van der Waals surface area contributed by atoms with Crippen molar-refractivity contribution in [3.8, 4) is 5.75 Å². The van der Waals surface area contributed by atoms with Gasteiger partial charge in [0.05, 0.1) is 18.4 Å². The van der Waals surface area contributed by atoms with Crippen LogP contribution in [0.3, 0.4) is 0 Å². The first-order valence-corrected chi connectivity index (χ1v) is 9.40. The van der Waals surface area contributed by atoms with Crippen molar-refractivity contribution in [2.75, 3.05) is 34.3 Å². The van der Waals surface area contributed by atoms with Gasteiger partial charge in [0.25, 0.3) is 0 Å². The summed E-state index contributed by atoms with van der Waals surface area (Å²) < 4.78 is 5.98. The topological polar surface area (TPSA) is 28.1 Å². The minimum Gasteiger partial charge on any atom is -0.494 e. The molecule has 0 spiro atoms. The normalized spacial score (nSPS) is 20.9. The summed E-state index contributed by atoms with van der Waals surface area (Å²) in [6.07, 6.45) is 2.10. The number of hydrazone groups is 1. The lowest BCUT2D eigenvalue weighted by atomic mass is 9.90. The molecule has 0 amide bonds. The highest BCUT2D eigenvalue weighted by atomic mass is 16.5. The Kier molecular flexibility index (Phi) is 4.68. The van der Waals surface area contributed by atoms with E-state index in [2.05, 4.69) is 79.6 Å². The van der Waals surface area contributed by atoms with Crippen molar-refractivity contribution < 1.29 is 4.74 Å². The Bertz CT molecular complexity index is 815. The lowest BCUT2D eigenvalue weighted by Gasteiger charge is -2.24. The van der Waals surface area contributed by atoms with Gasteiger partial charge in [0, 0.05) is 25.1 Å². The quantitative estimate of drug-likeness (QED) is 0.746. The lowest BCUT2D eigenvalue weighted by Crippen LogP contribution is -2.22. The van der Waals surface area contributed by atoms with Crippen molar-refractivity contribution in [1.82, 2.24) is 9.91 Å². The van der Waals surface area contributed by atoms with E-state index in [0.29, 0.717) is 5.92 Å². The van der Waals surface area contributed by atoms with Crippen molar-refractivity contribution in [3.63, 3.8) is 0 Å². The molecule has 2 aromatic carbocycles. The number of rotatable bonds is 6. The number of hydrogen-bond acceptors (Lipinski definition) is 4. The third-order valence-corrected chi connectivity index (χ3v) is 5.35. The van der Waals surface area contributed by atoms with E-state index in [9.17, 15) is 0 Å². The van der Waals surface area contributed by atoms with E-state index in [0.717, 1.165) is 31.7 Å². The Labute approximate surface area is 156 Å². The van der Waals surface area contributed by atoms with Gasteiger partial charge in [-0.1, -0.05) is 36.4 Å². The third kappa shape index (κ3) is 3.21. The number of hydrogen-bond donors (Lipinski definition) is 0. The molecule has 0 saturated heterocycles. The predicted molar refractivity (Wildman–Crippen MR) is 106 cm³/mol. The largest absolute Gasteiger partial charge is 0.494 e. The molecule has 4 nitrogen and oxygen atoms in total. The number of nitrogens with zero attached hydrogens (tertiary/aromatic N) is 3. The molecular formula is C22H27N3O. The van der Waals surface area contributed by atoms with Crippen molar-refractivity contribution in [2.45, 2.75) is 18.9 Å². The van der Waals surface area contributed by atoms with Crippen molar-refractivity contribution in [2.24, 2.45) is 11.0 Å². The van der Waals surface area contributed by atoms with E-state index in [1.165, 1.54) is 22.4 Å². The van der Waals surface area contributed by atoms with E-state index < -0.39 is 0 Å². The highest BCUT2D eigenvalue weighted by Gasteiger charge is 2.42. The van der Waals surface area contributed by atoms with Gasteiger partial charge in [0.15, 0.2) is 0 Å². The molecule has 1 aliphatic heterocycles. The van der Waals surface area contributed by atoms with Crippen LogP contribution in [0.25, 0.3) is 0 Å². The second kappa shape index (κ2) is 7.12. The van der Waals surface area contributed by atoms with E-state index in [1.807, 2.05) is 0 Å². The van der Waals surface area contributed by atoms with Gasteiger partial charge < -0.3 is 9.64 Å². The molecule has 2 unspecified atom stereocenters. The molecule has 4 heteroatoms. The van der Waals surface area contributed by atoms with Gasteiger partial charge in [0.1, 0.15) is 5.75 Å². The smallest absolute Gasteiger partial charge is 0.119 e. The summed E-state index contributed by atoms with van der Waals surface area (Å²) in [5.74, 6) is 1.39. The summed E-state index contributed by atoms with van der Waals surface area (Å²) in [5, 5.41) is 7.00. The molecule has 0 fully saturated rings. The van der Waals surface area contributed by atoms with Crippen LogP contribution in [0.1, 0.15) is 29.2 Å². The van der Waals surface area contributed by atoms with Crippen LogP contribution in [-0.2, 0) is 6.42 Å². The van der Waals surface area contributed by atoms with E-state index >= 15 is 0 Å². The van der Waals surface area contributed by atoms with Crippen LogP contribution in [0.2, 0.25) is 0 Å². The predicted octanol–water partition coefficient (Wildman–Crippen LogP) is 3.58. The molecule has 136 valence electrons. The minimum atomic E-state index is 0.280. The van der Waals surface area contributed by atoms with Gasteiger partial charge >= 0.3 is 0 Å². The Hall–Kier alpha value is -2.33. The number of fused-ring (bicyclic) bond motifs is 3. The van der Waals surface area contributed by atoms with Crippen LogP contribution in [0, 0.1) is 5.92 Å². The summed E-state index contributed by atoms with van der Waals surface area (Å²) >= 11 is 0. The minimum absolute atomic E-state index is 0.280. The second-order valence-electron chi connectivity index (χ2n) is 7.55. The van der Waals surface area contributed by atoms with Crippen LogP contribution in [0.15, 0.2) is 53.6 Å². The molecular weight excluding hydrogens is 322 g/mol. The lowest BCUT2D eigenvalue weighted by molar-refractivity contribution is 0.247. The van der Waals surface area contributed by atoms with E-state index in [4.69, 9.17) is 9.84 Å². The van der Waals surface area contributed by atoms with Crippen LogP contribution in [0.5, 0.6) is 5.75 Å². The first-order chi connectivity index (χ1) is 12.6. The third-order valence-electron chi connectivity index (χ3n) is 5.35. The monoisotopic (exact) mass is 349 g/mol. The maximum Gasteiger partial charge on any atom is 0.119 e. The fraction of sp³-hybridized carbons (Fsp3) is 0.409. The van der Waals surface area contributed by atoms with Gasteiger partial charge in [-0.05, 0) is 50.2 Å². The molecule has 0 N–H and O–H groups in total. The SMILES string of the molecule is CN(C)CCCOc1cccc(C2C3Cc4ccccc4C3=NN2C)c1. The van der Waals surface area contributed by atoms with Gasteiger partial charge in [-0.3, -0.25) is 5.01 Å². The molecule has 26 heavy (non-hydrogen) atoms. The fourth-order valence-corrected chi connectivity index (χ4v) is 4.17. The molecule has 2 aromatic rings. The molecule has 0 saturated carbocycles. The first kappa shape index (κ1) is 17.1. The van der Waals surface area contributed by atoms with Gasteiger partial charge in [-0.2, -0.15) is 5.10 Å². The summed E-state index contributed by atoms with van der Waals surface area (Å²) in [5.41, 5.74) is 5.27. The molecule has 0 bridgehead atoms. The Morgan fingerprint density at radius 3 is 2.85 bits per heavy atom. The molecule has 1 aliphatic carbocycles. The first-order valence-electron chi connectivity index (χ1n) is 9.40. The van der Waals surface area contributed by atoms with E-state index in [-0.39, 0.29) is 6.04 Å². The molecule has 0 aromatic heterocycles. The Balaban J connectivity index is 1.50. The maximum atomic E-state index is 5.98. The molecule has 2 atom stereocenters. The van der Waals surface area contributed by atoms with Crippen LogP contribution in [0.4, 0.5) is 0 Å². The van der Waals surface area contributed by atoms with Crippen molar-refractivity contribution >= 4 is 5.71 Å². The zero-order valence-electron chi connectivity index (χ0n) is 15.9. The fourth-order valence-electron chi connectivity index (χ4n) is 4.17. The molecule has 4 rings (SSSR count). The Morgan fingerprint density at radius 2 is 2.00 bits per heavy atom. The maximum absolute atomic E-state index is 5.98.